The zero-order chi connectivity index (χ0) is 15.2. The lowest BCUT2D eigenvalue weighted by Gasteiger charge is -2.11. The Balaban J connectivity index is 2.15. The van der Waals surface area contributed by atoms with Crippen molar-refractivity contribution in [1.29, 1.82) is 0 Å². The van der Waals surface area contributed by atoms with Gasteiger partial charge in [-0.15, -0.1) is 0 Å². The molecule has 21 heavy (non-hydrogen) atoms. The Morgan fingerprint density at radius 1 is 1.24 bits per heavy atom. The molecule has 0 fully saturated rings. The first-order valence-electron chi connectivity index (χ1n) is 6.09. The molecule has 0 radical (unpaired) electrons. The highest BCUT2D eigenvalue weighted by Crippen LogP contribution is 2.35. The van der Waals surface area contributed by atoms with E-state index < -0.39 is 5.24 Å². The first-order chi connectivity index (χ1) is 10.1. The Kier molecular flexibility index (Phi) is 5.85. The van der Waals surface area contributed by atoms with Gasteiger partial charge >= 0.3 is 0 Å². The Morgan fingerprint density at radius 2 is 1.95 bits per heavy atom. The summed E-state index contributed by atoms with van der Waals surface area (Å²) in [5.74, 6) is 0.565. The molecule has 5 heteroatoms. The smallest absolute Gasteiger partial charge is 0.245 e. The number of rotatable bonds is 5. The van der Waals surface area contributed by atoms with Crippen molar-refractivity contribution < 1.29 is 9.53 Å². The van der Waals surface area contributed by atoms with Crippen LogP contribution in [0.3, 0.4) is 0 Å². The molecule has 0 N–H and O–H groups in total. The van der Waals surface area contributed by atoms with Crippen molar-refractivity contribution >= 4 is 50.5 Å². The largest absolute Gasteiger partial charge is 0.486 e. The number of ether oxygens (including phenoxy) is 1. The second-order valence-corrected chi connectivity index (χ2v) is 5.86. The Labute approximate surface area is 141 Å². The molecule has 0 aliphatic heterocycles. The van der Waals surface area contributed by atoms with Crippen molar-refractivity contribution in [1.82, 2.24) is 0 Å². The van der Waals surface area contributed by atoms with Gasteiger partial charge in [0.25, 0.3) is 0 Å². The van der Waals surface area contributed by atoms with Gasteiger partial charge in [0, 0.05) is 0 Å². The van der Waals surface area contributed by atoms with Crippen LogP contribution in [0.4, 0.5) is 0 Å². The first-order valence-corrected chi connectivity index (χ1v) is 7.64. The molecule has 2 nitrogen and oxygen atoms in total. The quantitative estimate of drug-likeness (QED) is 0.504. The molecule has 0 bridgehead atoms. The molecule has 0 amide bonds. The summed E-state index contributed by atoms with van der Waals surface area (Å²) in [6.45, 7) is 0.425. The average Bonchev–Trinajstić information content (AvgIpc) is 2.45. The van der Waals surface area contributed by atoms with Crippen molar-refractivity contribution in [3.05, 3.63) is 69.2 Å². The van der Waals surface area contributed by atoms with Crippen LogP contribution in [0.2, 0.25) is 5.02 Å². The number of hydrogen-bond donors (Lipinski definition) is 0. The molecular weight excluding hydrogens is 375 g/mol. The second-order valence-electron chi connectivity index (χ2n) is 4.23. The summed E-state index contributed by atoms with van der Waals surface area (Å²) >= 11 is 14.9. The molecule has 0 aromatic heterocycles. The van der Waals surface area contributed by atoms with Crippen molar-refractivity contribution in [2.24, 2.45) is 0 Å². The van der Waals surface area contributed by atoms with Crippen LogP contribution in [-0.2, 0) is 11.4 Å². The first kappa shape index (κ1) is 16.1. The number of allylic oxidation sites excluding steroid dienone is 1. The summed E-state index contributed by atoms with van der Waals surface area (Å²) in [6.07, 6.45) is 2.86. The third kappa shape index (κ3) is 4.88. The number of halogens is 3. The molecule has 2 aromatic carbocycles. The predicted molar refractivity (Wildman–Crippen MR) is 89.8 cm³/mol. The Hall–Kier alpha value is -1.29. The highest BCUT2D eigenvalue weighted by Gasteiger charge is 2.09. The third-order valence-electron chi connectivity index (χ3n) is 2.65. The van der Waals surface area contributed by atoms with E-state index >= 15 is 0 Å². The Bertz CT molecular complexity index is 646. The number of hydrogen-bond acceptors (Lipinski definition) is 2. The summed E-state index contributed by atoms with van der Waals surface area (Å²) in [6, 6.07) is 13.3. The summed E-state index contributed by atoms with van der Waals surface area (Å²) in [4.78, 5) is 10.7. The lowest BCUT2D eigenvalue weighted by Crippen LogP contribution is -1.96. The van der Waals surface area contributed by atoms with Gasteiger partial charge in [0.1, 0.15) is 6.61 Å². The van der Waals surface area contributed by atoms with Crippen LogP contribution >= 0.6 is 39.1 Å². The normalized spacial score (nSPS) is 10.8. The van der Waals surface area contributed by atoms with E-state index in [9.17, 15) is 4.79 Å². The van der Waals surface area contributed by atoms with Crippen molar-refractivity contribution in [3.63, 3.8) is 0 Å². The molecule has 2 rings (SSSR count). The van der Waals surface area contributed by atoms with E-state index in [0.29, 0.717) is 21.9 Å². The van der Waals surface area contributed by atoms with Crippen molar-refractivity contribution in [3.8, 4) is 5.75 Å². The van der Waals surface area contributed by atoms with Crippen molar-refractivity contribution in [2.45, 2.75) is 6.61 Å². The SMILES string of the molecule is O=C(Cl)/C=C/c1cc(Cl)c(OCc2ccccc2)c(Br)c1. The van der Waals surface area contributed by atoms with E-state index in [2.05, 4.69) is 15.9 Å². The molecule has 0 spiro atoms. The maximum Gasteiger partial charge on any atom is 0.245 e. The molecular formula is C16H11BrCl2O2. The van der Waals surface area contributed by atoms with Gasteiger partial charge in [0.15, 0.2) is 5.75 Å². The minimum absolute atomic E-state index is 0.425. The van der Waals surface area contributed by atoms with Gasteiger partial charge < -0.3 is 4.74 Å². The fourth-order valence-electron chi connectivity index (χ4n) is 1.71. The monoisotopic (exact) mass is 384 g/mol. The van der Waals surface area contributed by atoms with Gasteiger partial charge in [0.2, 0.25) is 5.24 Å². The molecule has 0 atom stereocenters. The highest BCUT2D eigenvalue weighted by atomic mass is 79.9. The van der Waals surface area contributed by atoms with Crippen LogP contribution in [0.1, 0.15) is 11.1 Å². The van der Waals surface area contributed by atoms with Gasteiger partial charge in [-0.05, 0) is 56.9 Å². The zero-order valence-corrected chi connectivity index (χ0v) is 14.0. The van der Waals surface area contributed by atoms with Gasteiger partial charge in [-0.25, -0.2) is 0 Å². The van der Waals surface area contributed by atoms with Crippen LogP contribution in [0.5, 0.6) is 5.75 Å². The van der Waals surface area contributed by atoms with E-state index in [1.807, 2.05) is 36.4 Å². The average molecular weight is 386 g/mol. The molecule has 108 valence electrons. The molecule has 0 saturated heterocycles. The van der Waals surface area contributed by atoms with E-state index in [0.717, 1.165) is 11.1 Å². The fourth-order valence-corrected chi connectivity index (χ4v) is 2.76. The number of carbonyl (C=O) groups excluding carboxylic acids is 1. The molecule has 0 aliphatic carbocycles. The topological polar surface area (TPSA) is 26.3 Å². The summed E-state index contributed by atoms with van der Waals surface area (Å²) < 4.78 is 6.45. The number of benzene rings is 2. The van der Waals surface area contributed by atoms with Crippen LogP contribution in [-0.4, -0.2) is 5.24 Å². The zero-order valence-electron chi connectivity index (χ0n) is 10.9. The lowest BCUT2D eigenvalue weighted by molar-refractivity contribution is -0.107. The van der Waals surface area contributed by atoms with Crippen molar-refractivity contribution in [2.75, 3.05) is 0 Å². The minimum Gasteiger partial charge on any atom is -0.486 e. The van der Waals surface area contributed by atoms with Crippen LogP contribution in [0.15, 0.2) is 53.0 Å². The molecule has 0 unspecified atom stereocenters. The summed E-state index contributed by atoms with van der Waals surface area (Å²) in [5, 5.41) is -0.0753. The minimum atomic E-state index is -0.536. The fraction of sp³-hybridized carbons (Fsp3) is 0.0625. The summed E-state index contributed by atoms with van der Waals surface area (Å²) in [5.41, 5.74) is 1.81. The lowest BCUT2D eigenvalue weighted by atomic mass is 10.2. The van der Waals surface area contributed by atoms with E-state index in [1.54, 1.807) is 12.1 Å². The maximum atomic E-state index is 10.7. The third-order valence-corrected chi connectivity index (χ3v) is 3.65. The molecule has 2 aromatic rings. The van der Waals surface area contributed by atoms with E-state index in [4.69, 9.17) is 27.9 Å². The molecule has 0 aliphatic rings. The number of carbonyl (C=O) groups is 1. The van der Waals surface area contributed by atoms with E-state index in [1.165, 1.54) is 6.08 Å². The van der Waals surface area contributed by atoms with Gasteiger partial charge in [-0.1, -0.05) is 48.0 Å². The van der Waals surface area contributed by atoms with E-state index in [-0.39, 0.29) is 0 Å². The van der Waals surface area contributed by atoms with Gasteiger partial charge in [-0.2, -0.15) is 0 Å². The second kappa shape index (κ2) is 7.64. The molecule has 0 heterocycles. The van der Waals surface area contributed by atoms with Crippen LogP contribution in [0.25, 0.3) is 6.08 Å². The van der Waals surface area contributed by atoms with Gasteiger partial charge in [-0.3, -0.25) is 4.79 Å². The summed E-state index contributed by atoms with van der Waals surface area (Å²) in [7, 11) is 0. The maximum absolute atomic E-state index is 10.7. The highest BCUT2D eigenvalue weighted by molar-refractivity contribution is 9.10. The van der Waals surface area contributed by atoms with Crippen LogP contribution < -0.4 is 4.74 Å². The molecule has 0 saturated carbocycles. The van der Waals surface area contributed by atoms with Gasteiger partial charge in [0.05, 0.1) is 9.50 Å². The standard InChI is InChI=1S/C16H11BrCl2O2/c17-13-8-12(6-7-15(19)20)9-14(18)16(13)21-10-11-4-2-1-3-5-11/h1-9H,10H2/b7-6+. The predicted octanol–water partition coefficient (Wildman–Crippen LogP) is 5.46. The Morgan fingerprint density at radius 3 is 2.57 bits per heavy atom. The van der Waals surface area contributed by atoms with Crippen LogP contribution in [0, 0.1) is 0 Å².